The number of carboxylic acid groups (broad SMARTS) is 1. The van der Waals surface area contributed by atoms with Gasteiger partial charge in [0.1, 0.15) is 28.8 Å². The highest BCUT2D eigenvalue weighted by molar-refractivity contribution is 6.06. The number of para-hydroxylation sites is 1. The van der Waals surface area contributed by atoms with Crippen molar-refractivity contribution in [2.24, 2.45) is 5.92 Å². The Morgan fingerprint density at radius 3 is 2.67 bits per heavy atom. The number of nitrogens with zero attached hydrogens (tertiary/aromatic N) is 4. The minimum Gasteiger partial charge on any atom is -0.480 e. The van der Waals surface area contributed by atoms with Gasteiger partial charge >= 0.3 is 5.97 Å². The number of amides is 1. The number of benzene rings is 2. The van der Waals surface area contributed by atoms with Crippen molar-refractivity contribution in [3.63, 3.8) is 0 Å². The van der Waals surface area contributed by atoms with Crippen molar-refractivity contribution in [3.8, 4) is 11.1 Å². The van der Waals surface area contributed by atoms with Gasteiger partial charge in [-0.2, -0.15) is 0 Å². The van der Waals surface area contributed by atoms with E-state index in [1.807, 2.05) is 54.6 Å². The number of carbonyl (C=O) groups excluding carboxylic acids is 1. The highest BCUT2D eigenvalue weighted by atomic mass is 16.4. The Morgan fingerprint density at radius 2 is 1.90 bits per heavy atom. The molecule has 1 saturated heterocycles. The molecule has 3 aromatic heterocycles. The molecule has 10 nitrogen and oxygen atoms in total. The number of anilines is 3. The van der Waals surface area contributed by atoms with Crippen molar-refractivity contribution in [2.75, 3.05) is 22.5 Å². The molecule has 5 aromatic rings. The van der Waals surface area contributed by atoms with Gasteiger partial charge in [-0.3, -0.25) is 4.79 Å². The Hall–Kier alpha value is -4.99. The first-order chi connectivity index (χ1) is 18.9. The van der Waals surface area contributed by atoms with Crippen molar-refractivity contribution >= 4 is 51.3 Å². The lowest BCUT2D eigenvalue weighted by atomic mass is 10.0. The van der Waals surface area contributed by atoms with Crippen molar-refractivity contribution in [1.29, 1.82) is 0 Å². The van der Waals surface area contributed by atoms with Gasteiger partial charge in [-0.05, 0) is 66.8 Å². The normalized spacial score (nSPS) is 17.1. The Kier molecular flexibility index (Phi) is 6.07. The van der Waals surface area contributed by atoms with Crippen LogP contribution in [0.1, 0.15) is 18.7 Å². The summed E-state index contributed by atoms with van der Waals surface area (Å²) in [7, 11) is 0. The number of hydrogen-bond donors (Lipinski definition) is 3. The summed E-state index contributed by atoms with van der Waals surface area (Å²) in [6.45, 7) is 2.13. The molecule has 0 saturated carbocycles. The molecule has 10 heteroatoms. The minimum absolute atomic E-state index is 0.177. The van der Waals surface area contributed by atoms with Crippen LogP contribution >= 0.6 is 0 Å². The number of nitrogen functional groups attached to an aromatic ring is 1. The summed E-state index contributed by atoms with van der Waals surface area (Å²) in [6, 6.07) is 17.8. The number of nitrogens with two attached hydrogens (primary N) is 1. The number of fused-ring (bicyclic) bond motifs is 3. The number of carbonyl (C=O) groups is 2. The zero-order valence-electron chi connectivity index (χ0n) is 21.2. The number of furan rings is 1. The number of hydrogen-bond acceptors (Lipinski definition) is 8. The maximum Gasteiger partial charge on any atom is 0.326 e. The van der Waals surface area contributed by atoms with Gasteiger partial charge in [0.15, 0.2) is 11.4 Å². The van der Waals surface area contributed by atoms with Gasteiger partial charge in [0, 0.05) is 30.2 Å². The lowest BCUT2D eigenvalue weighted by molar-refractivity contribution is -0.138. The molecule has 0 bridgehead atoms. The molecule has 1 aliphatic rings. The Morgan fingerprint density at radius 1 is 1.10 bits per heavy atom. The second-order valence-corrected chi connectivity index (χ2v) is 9.78. The number of aliphatic carboxylic acids is 1. The van der Waals surface area contributed by atoms with Crippen molar-refractivity contribution in [1.82, 2.24) is 15.0 Å². The van der Waals surface area contributed by atoms with Crippen LogP contribution in [-0.2, 0) is 9.59 Å². The van der Waals surface area contributed by atoms with Gasteiger partial charge in [-0.1, -0.05) is 24.3 Å². The molecule has 4 N–H and O–H groups in total. The molecule has 2 atom stereocenters. The van der Waals surface area contributed by atoms with Gasteiger partial charge in [-0.15, -0.1) is 0 Å². The molecule has 1 fully saturated rings. The number of aryl methyl sites for hydroxylation is 1. The van der Waals surface area contributed by atoms with E-state index in [0.29, 0.717) is 52.8 Å². The summed E-state index contributed by atoms with van der Waals surface area (Å²) in [5.41, 5.74) is 10.1. The first-order valence-corrected chi connectivity index (χ1v) is 12.6. The van der Waals surface area contributed by atoms with E-state index in [1.165, 1.54) is 0 Å². The van der Waals surface area contributed by atoms with E-state index in [2.05, 4.69) is 20.3 Å². The second-order valence-electron chi connectivity index (χ2n) is 9.78. The van der Waals surface area contributed by atoms with E-state index in [0.717, 1.165) is 16.5 Å². The van der Waals surface area contributed by atoms with Crippen LogP contribution in [0.5, 0.6) is 0 Å². The zero-order chi connectivity index (χ0) is 27.1. The van der Waals surface area contributed by atoms with E-state index >= 15 is 0 Å². The first kappa shape index (κ1) is 24.4. The molecule has 0 unspecified atom stereocenters. The Labute approximate surface area is 223 Å². The average Bonchev–Trinajstić information content (AvgIpc) is 3.50. The molecule has 39 heavy (non-hydrogen) atoms. The number of nitrogens with one attached hydrogen (secondary N) is 1. The molecular formula is C29H26N6O4. The molecule has 4 heterocycles. The summed E-state index contributed by atoms with van der Waals surface area (Å²) in [4.78, 5) is 40.0. The van der Waals surface area contributed by atoms with E-state index < -0.39 is 12.0 Å². The largest absolute Gasteiger partial charge is 0.480 e. The summed E-state index contributed by atoms with van der Waals surface area (Å²) >= 11 is 0. The average molecular weight is 523 g/mol. The van der Waals surface area contributed by atoms with Gasteiger partial charge in [0.25, 0.3) is 0 Å². The fraction of sp³-hybridized carbons (Fsp3) is 0.207. The standard InChI is InChI=1S/C29H26N6O4/c1-16-32-26-21-4-2-3-5-23(21)39-27(26)28(33-16)35-15-17(12-22(35)29(37)38)13-25(36)34-20-8-6-18(7-9-20)19-10-11-31-24(30)14-19/h2-11,14,17,22H,12-13,15H2,1H3,(H2,30,31)(H,34,36)(H,37,38)/t17-,22+/m1/s1. The van der Waals surface area contributed by atoms with Gasteiger partial charge in [0.2, 0.25) is 5.91 Å². The molecule has 0 aliphatic carbocycles. The van der Waals surface area contributed by atoms with Gasteiger partial charge < -0.3 is 25.5 Å². The third-order valence-electron chi connectivity index (χ3n) is 7.02. The van der Waals surface area contributed by atoms with Crippen LogP contribution in [-0.4, -0.2) is 44.5 Å². The van der Waals surface area contributed by atoms with Crippen molar-refractivity contribution in [2.45, 2.75) is 25.8 Å². The van der Waals surface area contributed by atoms with Crippen molar-refractivity contribution in [3.05, 3.63) is 72.7 Å². The minimum atomic E-state index is -0.967. The topological polar surface area (TPSA) is 147 Å². The van der Waals surface area contributed by atoms with Crippen LogP contribution < -0.4 is 16.0 Å². The maximum absolute atomic E-state index is 12.9. The van der Waals surface area contributed by atoms with E-state index in [4.69, 9.17) is 10.2 Å². The smallest absolute Gasteiger partial charge is 0.326 e. The van der Waals surface area contributed by atoms with Crippen molar-refractivity contribution < 1.29 is 19.1 Å². The third kappa shape index (κ3) is 4.72. The molecule has 0 radical (unpaired) electrons. The SMILES string of the molecule is Cc1nc(N2C[C@@H](CC(=O)Nc3ccc(-c4ccnc(N)c4)cc3)C[C@H]2C(=O)O)c2oc3ccccc3c2n1. The van der Waals surface area contributed by atoms with E-state index in [9.17, 15) is 14.7 Å². The Balaban J connectivity index is 1.20. The molecule has 196 valence electrons. The molecule has 0 spiro atoms. The van der Waals surface area contributed by atoms with Gasteiger partial charge in [-0.25, -0.2) is 19.7 Å². The predicted octanol–water partition coefficient (Wildman–Crippen LogP) is 4.64. The van der Waals surface area contributed by atoms with Crippen LogP contribution in [0.25, 0.3) is 33.2 Å². The van der Waals surface area contributed by atoms with Crippen LogP contribution in [0.2, 0.25) is 0 Å². The van der Waals surface area contributed by atoms with Gasteiger partial charge in [0.05, 0.1) is 0 Å². The first-order valence-electron chi connectivity index (χ1n) is 12.6. The summed E-state index contributed by atoms with van der Waals surface area (Å²) in [6.07, 6.45) is 2.14. The number of aromatic nitrogens is 3. The van der Waals surface area contributed by atoms with E-state index in [-0.39, 0.29) is 18.2 Å². The summed E-state index contributed by atoms with van der Waals surface area (Å²) in [5.74, 6) is 0.0715. The molecular weight excluding hydrogens is 496 g/mol. The fourth-order valence-electron chi connectivity index (χ4n) is 5.27. The third-order valence-corrected chi connectivity index (χ3v) is 7.02. The fourth-order valence-corrected chi connectivity index (χ4v) is 5.27. The highest BCUT2D eigenvalue weighted by Crippen LogP contribution is 2.37. The number of carboxylic acids is 1. The highest BCUT2D eigenvalue weighted by Gasteiger charge is 2.40. The molecule has 6 rings (SSSR count). The lowest BCUT2D eigenvalue weighted by Crippen LogP contribution is -2.36. The zero-order valence-corrected chi connectivity index (χ0v) is 21.2. The summed E-state index contributed by atoms with van der Waals surface area (Å²) < 4.78 is 6.07. The predicted molar refractivity (Wildman–Crippen MR) is 148 cm³/mol. The van der Waals surface area contributed by atoms with Crippen LogP contribution in [0.4, 0.5) is 17.3 Å². The summed E-state index contributed by atoms with van der Waals surface area (Å²) in [5, 5.41) is 13.8. The molecule has 1 amide bonds. The van der Waals surface area contributed by atoms with E-state index in [1.54, 1.807) is 24.1 Å². The monoisotopic (exact) mass is 522 g/mol. The Bertz CT molecular complexity index is 1710. The van der Waals surface area contributed by atoms with Crippen LogP contribution in [0.15, 0.2) is 71.3 Å². The van der Waals surface area contributed by atoms with Crippen LogP contribution in [0, 0.1) is 12.8 Å². The number of pyridine rings is 1. The second kappa shape index (κ2) is 9.71. The molecule has 1 aliphatic heterocycles. The molecule has 2 aromatic carbocycles. The quantitative estimate of drug-likeness (QED) is 0.290. The number of rotatable bonds is 6. The maximum atomic E-state index is 12.9. The van der Waals surface area contributed by atoms with Crippen LogP contribution in [0.3, 0.4) is 0 Å². The lowest BCUT2D eigenvalue weighted by Gasteiger charge is -2.22.